The van der Waals surface area contributed by atoms with Crippen LogP contribution in [0.3, 0.4) is 0 Å². The molecule has 0 spiro atoms. The predicted molar refractivity (Wildman–Crippen MR) is 81.3 cm³/mol. The molecule has 1 aliphatic rings. The van der Waals surface area contributed by atoms with Crippen LogP contribution in [0.1, 0.15) is 31.4 Å². The first kappa shape index (κ1) is 14.1. The van der Waals surface area contributed by atoms with E-state index in [2.05, 4.69) is 11.8 Å². The van der Waals surface area contributed by atoms with Gasteiger partial charge in [-0.15, -0.1) is 0 Å². The Balaban J connectivity index is 1.92. The van der Waals surface area contributed by atoms with Crippen molar-refractivity contribution >= 4 is 5.69 Å². The van der Waals surface area contributed by atoms with Gasteiger partial charge in [0, 0.05) is 12.2 Å². The van der Waals surface area contributed by atoms with Crippen molar-refractivity contribution in [2.75, 3.05) is 11.4 Å². The van der Waals surface area contributed by atoms with Crippen LogP contribution in [0.5, 0.6) is 0 Å². The average molecular weight is 287 g/mol. The van der Waals surface area contributed by atoms with Crippen molar-refractivity contribution in [1.29, 1.82) is 0 Å². The van der Waals surface area contributed by atoms with E-state index in [0.29, 0.717) is 5.92 Å². The van der Waals surface area contributed by atoms with Gasteiger partial charge in [-0.05, 0) is 60.7 Å². The zero-order valence-corrected chi connectivity index (χ0v) is 12.1. The first-order chi connectivity index (χ1) is 10.1. The van der Waals surface area contributed by atoms with Crippen LogP contribution in [-0.4, -0.2) is 6.54 Å². The minimum Gasteiger partial charge on any atom is -0.364 e. The van der Waals surface area contributed by atoms with E-state index in [1.54, 1.807) is 0 Å². The second-order valence-corrected chi connectivity index (χ2v) is 5.87. The Morgan fingerprint density at radius 1 is 0.905 bits per heavy atom. The Kier molecular flexibility index (Phi) is 3.91. The van der Waals surface area contributed by atoms with E-state index in [0.717, 1.165) is 30.6 Å². The van der Waals surface area contributed by atoms with Gasteiger partial charge < -0.3 is 4.90 Å². The molecule has 3 heteroatoms. The molecule has 1 aliphatic heterocycles. The number of rotatable bonds is 2. The molecule has 0 radical (unpaired) electrons. The minimum atomic E-state index is -0.220. The highest BCUT2D eigenvalue weighted by Crippen LogP contribution is 2.37. The molecule has 2 aromatic rings. The fourth-order valence-corrected chi connectivity index (χ4v) is 3.08. The molecule has 0 amide bonds. The van der Waals surface area contributed by atoms with E-state index < -0.39 is 0 Å². The van der Waals surface area contributed by atoms with Crippen molar-refractivity contribution in [1.82, 2.24) is 0 Å². The molecule has 21 heavy (non-hydrogen) atoms. The molecule has 1 heterocycles. The molecule has 2 atom stereocenters. The maximum Gasteiger partial charge on any atom is 0.123 e. The van der Waals surface area contributed by atoms with Crippen LogP contribution < -0.4 is 4.90 Å². The molecule has 0 aliphatic carbocycles. The molecule has 110 valence electrons. The van der Waals surface area contributed by atoms with Crippen molar-refractivity contribution in [3.8, 4) is 0 Å². The minimum absolute atomic E-state index is 0.212. The van der Waals surface area contributed by atoms with Crippen LogP contribution >= 0.6 is 0 Å². The summed E-state index contributed by atoms with van der Waals surface area (Å²) < 4.78 is 26.3. The summed E-state index contributed by atoms with van der Waals surface area (Å²) >= 11 is 0. The van der Waals surface area contributed by atoms with Gasteiger partial charge in [0.1, 0.15) is 11.6 Å². The lowest BCUT2D eigenvalue weighted by atomic mass is 9.88. The predicted octanol–water partition coefficient (Wildman–Crippen LogP) is 4.94. The Hall–Kier alpha value is -1.90. The van der Waals surface area contributed by atoms with E-state index in [4.69, 9.17) is 0 Å². The van der Waals surface area contributed by atoms with Gasteiger partial charge in [0.25, 0.3) is 0 Å². The van der Waals surface area contributed by atoms with Gasteiger partial charge in [-0.1, -0.05) is 19.1 Å². The number of halogens is 2. The van der Waals surface area contributed by atoms with E-state index in [1.165, 1.54) is 24.3 Å². The van der Waals surface area contributed by atoms with E-state index >= 15 is 0 Å². The summed E-state index contributed by atoms with van der Waals surface area (Å²) in [5.41, 5.74) is 2.14. The summed E-state index contributed by atoms with van der Waals surface area (Å²) in [7, 11) is 0. The summed E-state index contributed by atoms with van der Waals surface area (Å²) in [4.78, 5) is 2.30. The van der Waals surface area contributed by atoms with Gasteiger partial charge in [-0.2, -0.15) is 0 Å². The summed E-state index contributed by atoms with van der Waals surface area (Å²) in [6.07, 6.45) is 2.15. The van der Waals surface area contributed by atoms with Crippen LogP contribution in [-0.2, 0) is 0 Å². The SMILES string of the molecule is CC1CCN(c2ccc(F)cc2)C(c2ccc(F)cc2)C1. The second-order valence-electron chi connectivity index (χ2n) is 5.87. The number of anilines is 1. The zero-order valence-electron chi connectivity index (χ0n) is 12.1. The molecule has 2 unspecified atom stereocenters. The highest BCUT2D eigenvalue weighted by molar-refractivity contribution is 5.49. The monoisotopic (exact) mass is 287 g/mol. The van der Waals surface area contributed by atoms with Gasteiger partial charge in [0.05, 0.1) is 6.04 Å². The van der Waals surface area contributed by atoms with Crippen LogP contribution in [0.25, 0.3) is 0 Å². The maximum absolute atomic E-state index is 13.1. The lowest BCUT2D eigenvalue weighted by molar-refractivity contribution is 0.368. The molecule has 1 saturated heterocycles. The molecular weight excluding hydrogens is 268 g/mol. The van der Waals surface area contributed by atoms with Crippen molar-refractivity contribution in [2.45, 2.75) is 25.8 Å². The largest absolute Gasteiger partial charge is 0.364 e. The molecule has 0 aromatic heterocycles. The van der Waals surface area contributed by atoms with E-state index in [-0.39, 0.29) is 17.7 Å². The molecule has 2 aromatic carbocycles. The van der Waals surface area contributed by atoms with Gasteiger partial charge >= 0.3 is 0 Å². The van der Waals surface area contributed by atoms with Gasteiger partial charge in [0.2, 0.25) is 0 Å². The standard InChI is InChI=1S/C18H19F2N/c1-13-10-11-21(17-8-6-16(20)7-9-17)18(12-13)14-2-4-15(19)5-3-14/h2-9,13,18H,10-12H2,1H3. The number of hydrogen-bond acceptors (Lipinski definition) is 1. The maximum atomic E-state index is 13.1. The molecule has 1 fully saturated rings. The molecule has 0 saturated carbocycles. The number of hydrogen-bond donors (Lipinski definition) is 0. The molecule has 1 nitrogen and oxygen atoms in total. The fraction of sp³-hybridized carbons (Fsp3) is 0.333. The molecular formula is C18H19F2N. The van der Waals surface area contributed by atoms with Crippen molar-refractivity contribution < 1.29 is 8.78 Å². The summed E-state index contributed by atoms with van der Waals surface area (Å²) in [5, 5.41) is 0. The Morgan fingerprint density at radius 3 is 2.10 bits per heavy atom. The van der Waals surface area contributed by atoms with E-state index in [1.807, 2.05) is 24.3 Å². The summed E-state index contributed by atoms with van der Waals surface area (Å²) in [6.45, 7) is 3.19. The average Bonchev–Trinajstić information content (AvgIpc) is 2.49. The summed E-state index contributed by atoms with van der Waals surface area (Å²) in [6, 6.07) is 13.6. The first-order valence-electron chi connectivity index (χ1n) is 7.41. The van der Waals surface area contributed by atoms with Crippen molar-refractivity contribution in [3.05, 3.63) is 65.7 Å². The van der Waals surface area contributed by atoms with Crippen LogP contribution in [0.2, 0.25) is 0 Å². The smallest absolute Gasteiger partial charge is 0.123 e. The zero-order chi connectivity index (χ0) is 14.8. The summed E-state index contributed by atoms with van der Waals surface area (Å²) in [5.74, 6) is 0.204. The number of piperidine rings is 1. The number of nitrogens with zero attached hydrogens (tertiary/aromatic N) is 1. The van der Waals surface area contributed by atoms with Gasteiger partial charge in [-0.3, -0.25) is 0 Å². The van der Waals surface area contributed by atoms with Crippen molar-refractivity contribution in [3.63, 3.8) is 0 Å². The van der Waals surface area contributed by atoms with E-state index in [9.17, 15) is 8.78 Å². The van der Waals surface area contributed by atoms with Crippen LogP contribution in [0.15, 0.2) is 48.5 Å². The first-order valence-corrected chi connectivity index (χ1v) is 7.41. The lowest BCUT2D eigenvalue weighted by Gasteiger charge is -2.40. The Bertz CT molecular complexity index is 592. The van der Waals surface area contributed by atoms with Gasteiger partial charge in [0.15, 0.2) is 0 Å². The Morgan fingerprint density at radius 2 is 1.48 bits per heavy atom. The Labute approximate surface area is 124 Å². The third-order valence-electron chi connectivity index (χ3n) is 4.28. The van der Waals surface area contributed by atoms with Crippen molar-refractivity contribution in [2.24, 2.45) is 5.92 Å². The third-order valence-corrected chi connectivity index (χ3v) is 4.28. The topological polar surface area (TPSA) is 3.24 Å². The lowest BCUT2D eigenvalue weighted by Crippen LogP contribution is -2.36. The molecule has 3 rings (SSSR count). The normalized spacial score (nSPS) is 22.3. The third kappa shape index (κ3) is 3.07. The van der Waals surface area contributed by atoms with Gasteiger partial charge in [-0.25, -0.2) is 8.78 Å². The van der Waals surface area contributed by atoms with Crippen LogP contribution in [0.4, 0.5) is 14.5 Å². The molecule has 0 bridgehead atoms. The number of benzene rings is 2. The second kappa shape index (κ2) is 5.84. The van der Waals surface area contributed by atoms with Crippen LogP contribution in [0, 0.1) is 17.6 Å². The highest BCUT2D eigenvalue weighted by Gasteiger charge is 2.27. The highest BCUT2D eigenvalue weighted by atomic mass is 19.1. The molecule has 0 N–H and O–H groups in total. The fourth-order valence-electron chi connectivity index (χ4n) is 3.08. The quantitative estimate of drug-likeness (QED) is 0.756.